The maximum Gasteiger partial charge on any atom is 0.251 e. The van der Waals surface area contributed by atoms with Crippen molar-refractivity contribution in [3.05, 3.63) is 35.4 Å². The van der Waals surface area contributed by atoms with E-state index in [1.807, 2.05) is 18.2 Å². The Morgan fingerprint density at radius 3 is 2.60 bits per heavy atom. The highest BCUT2D eigenvalue weighted by molar-refractivity contribution is 7.89. The van der Waals surface area contributed by atoms with Gasteiger partial charge < -0.3 is 10.1 Å². The number of sulfonamides is 1. The zero-order valence-corrected chi connectivity index (χ0v) is 15.7. The second kappa shape index (κ2) is 9.28. The molecule has 0 saturated carbocycles. The zero-order chi connectivity index (χ0) is 18.3. The average Bonchev–Trinajstić information content (AvgIpc) is 2.62. The standard InChI is InChI=1S/C17H27N3O4S/c1-3-25(22,23)20-10-8-19(9-11-20)14-15-5-4-6-16(13-15)17(21)18-7-12-24-2/h4-6,13H,3,7-12,14H2,1-2H3,(H,18,21). The lowest BCUT2D eigenvalue weighted by atomic mass is 10.1. The third kappa shape index (κ3) is 5.78. The first-order chi connectivity index (χ1) is 12.0. The van der Waals surface area contributed by atoms with E-state index < -0.39 is 10.0 Å². The van der Waals surface area contributed by atoms with Crippen LogP contribution in [0.2, 0.25) is 0 Å². The fourth-order valence-corrected chi connectivity index (χ4v) is 3.87. The van der Waals surface area contributed by atoms with Gasteiger partial charge in [0.25, 0.3) is 5.91 Å². The normalized spacial score (nSPS) is 16.7. The molecule has 2 rings (SSSR count). The lowest BCUT2D eigenvalue weighted by molar-refractivity contribution is 0.0937. The van der Waals surface area contributed by atoms with Gasteiger partial charge in [0.15, 0.2) is 0 Å². The van der Waals surface area contributed by atoms with Crippen molar-refractivity contribution in [1.29, 1.82) is 0 Å². The number of hydrogen-bond donors (Lipinski definition) is 1. The van der Waals surface area contributed by atoms with Crippen LogP contribution in [0, 0.1) is 0 Å². The molecule has 1 aliphatic heterocycles. The van der Waals surface area contributed by atoms with Crippen LogP contribution in [0.4, 0.5) is 0 Å². The van der Waals surface area contributed by atoms with Crippen molar-refractivity contribution >= 4 is 15.9 Å². The summed E-state index contributed by atoms with van der Waals surface area (Å²) < 4.78 is 30.3. The van der Waals surface area contributed by atoms with Gasteiger partial charge in [-0.1, -0.05) is 12.1 Å². The Labute approximate surface area is 150 Å². The van der Waals surface area contributed by atoms with Crippen LogP contribution in [-0.2, 0) is 21.3 Å². The number of ether oxygens (including phenoxy) is 1. The van der Waals surface area contributed by atoms with Crippen LogP contribution in [0.1, 0.15) is 22.8 Å². The molecule has 140 valence electrons. The van der Waals surface area contributed by atoms with E-state index in [1.54, 1.807) is 24.4 Å². The second-order valence-electron chi connectivity index (χ2n) is 6.02. The maximum absolute atomic E-state index is 12.1. The summed E-state index contributed by atoms with van der Waals surface area (Å²) in [5, 5.41) is 2.81. The Hall–Kier alpha value is -1.48. The van der Waals surface area contributed by atoms with E-state index >= 15 is 0 Å². The van der Waals surface area contributed by atoms with Gasteiger partial charge in [-0.05, 0) is 24.6 Å². The third-order valence-corrected chi connectivity index (χ3v) is 6.16. The first-order valence-corrected chi connectivity index (χ1v) is 10.1. The summed E-state index contributed by atoms with van der Waals surface area (Å²) in [6, 6.07) is 7.54. The van der Waals surface area contributed by atoms with E-state index in [0.29, 0.717) is 51.4 Å². The van der Waals surface area contributed by atoms with Gasteiger partial charge in [0.05, 0.1) is 12.4 Å². The molecular weight excluding hydrogens is 342 g/mol. The quantitative estimate of drug-likeness (QED) is 0.676. The summed E-state index contributed by atoms with van der Waals surface area (Å²) in [6.45, 7) is 5.78. The number of methoxy groups -OCH3 is 1. The molecule has 0 spiro atoms. The van der Waals surface area contributed by atoms with Gasteiger partial charge in [0.2, 0.25) is 10.0 Å². The molecule has 25 heavy (non-hydrogen) atoms. The van der Waals surface area contributed by atoms with E-state index in [1.165, 1.54) is 0 Å². The summed E-state index contributed by atoms with van der Waals surface area (Å²) in [5.41, 5.74) is 1.67. The van der Waals surface area contributed by atoms with Gasteiger partial charge in [0.1, 0.15) is 0 Å². The fraction of sp³-hybridized carbons (Fsp3) is 0.588. The Morgan fingerprint density at radius 2 is 1.96 bits per heavy atom. The first-order valence-electron chi connectivity index (χ1n) is 8.52. The number of carbonyl (C=O) groups is 1. The molecule has 0 atom stereocenters. The highest BCUT2D eigenvalue weighted by atomic mass is 32.2. The summed E-state index contributed by atoms with van der Waals surface area (Å²) in [6.07, 6.45) is 0. The number of carbonyl (C=O) groups excluding carboxylic acids is 1. The van der Waals surface area contributed by atoms with Gasteiger partial charge in [-0.15, -0.1) is 0 Å². The molecule has 1 heterocycles. The zero-order valence-electron chi connectivity index (χ0n) is 14.9. The van der Waals surface area contributed by atoms with Crippen LogP contribution in [0.5, 0.6) is 0 Å². The smallest absolute Gasteiger partial charge is 0.251 e. The molecule has 1 fully saturated rings. The van der Waals surface area contributed by atoms with Crippen molar-refractivity contribution in [1.82, 2.24) is 14.5 Å². The molecule has 0 unspecified atom stereocenters. The van der Waals surface area contributed by atoms with E-state index in [4.69, 9.17) is 4.74 Å². The molecule has 1 saturated heterocycles. The van der Waals surface area contributed by atoms with Crippen LogP contribution in [-0.4, -0.2) is 75.7 Å². The van der Waals surface area contributed by atoms with E-state index in [0.717, 1.165) is 5.56 Å². The number of nitrogens with zero attached hydrogens (tertiary/aromatic N) is 2. The highest BCUT2D eigenvalue weighted by Gasteiger charge is 2.25. The number of nitrogens with one attached hydrogen (secondary N) is 1. The lowest BCUT2D eigenvalue weighted by Gasteiger charge is -2.33. The first kappa shape index (κ1) is 19.8. The molecule has 1 aliphatic rings. The number of rotatable bonds is 8. The molecule has 0 radical (unpaired) electrons. The van der Waals surface area contributed by atoms with Crippen molar-refractivity contribution in [3.8, 4) is 0 Å². The molecule has 7 nitrogen and oxygen atoms in total. The van der Waals surface area contributed by atoms with Crippen molar-refractivity contribution in [3.63, 3.8) is 0 Å². The minimum atomic E-state index is -3.10. The Morgan fingerprint density at radius 1 is 1.24 bits per heavy atom. The molecule has 1 amide bonds. The third-order valence-electron chi connectivity index (χ3n) is 4.28. The van der Waals surface area contributed by atoms with E-state index in [9.17, 15) is 13.2 Å². The van der Waals surface area contributed by atoms with Crippen molar-refractivity contribution in [2.75, 3.05) is 52.2 Å². The molecular formula is C17H27N3O4S. The van der Waals surface area contributed by atoms with Crippen molar-refractivity contribution in [2.24, 2.45) is 0 Å². The topological polar surface area (TPSA) is 79.0 Å². The van der Waals surface area contributed by atoms with Crippen molar-refractivity contribution < 1.29 is 17.9 Å². The van der Waals surface area contributed by atoms with Gasteiger partial charge in [0, 0.05) is 51.9 Å². The maximum atomic E-state index is 12.1. The number of piperazine rings is 1. The number of hydrogen-bond acceptors (Lipinski definition) is 5. The molecule has 0 aliphatic carbocycles. The van der Waals surface area contributed by atoms with Gasteiger partial charge >= 0.3 is 0 Å². The number of benzene rings is 1. The summed E-state index contributed by atoms with van der Waals surface area (Å²) >= 11 is 0. The van der Waals surface area contributed by atoms with Crippen LogP contribution >= 0.6 is 0 Å². The Balaban J connectivity index is 1.89. The Bertz CT molecular complexity index is 670. The van der Waals surface area contributed by atoms with Crippen LogP contribution in [0.3, 0.4) is 0 Å². The van der Waals surface area contributed by atoms with Gasteiger partial charge in [-0.2, -0.15) is 4.31 Å². The van der Waals surface area contributed by atoms with Crippen LogP contribution in [0.25, 0.3) is 0 Å². The van der Waals surface area contributed by atoms with E-state index in [-0.39, 0.29) is 11.7 Å². The lowest BCUT2D eigenvalue weighted by Crippen LogP contribution is -2.48. The summed E-state index contributed by atoms with van der Waals surface area (Å²) in [5.74, 6) is 0.0329. The molecule has 1 N–H and O–H groups in total. The van der Waals surface area contributed by atoms with Gasteiger partial charge in [-0.25, -0.2) is 8.42 Å². The molecule has 0 aromatic heterocycles. The molecule has 8 heteroatoms. The average molecular weight is 369 g/mol. The van der Waals surface area contributed by atoms with Crippen LogP contribution < -0.4 is 5.32 Å². The molecule has 1 aromatic carbocycles. The number of amides is 1. The second-order valence-corrected chi connectivity index (χ2v) is 8.28. The van der Waals surface area contributed by atoms with Crippen molar-refractivity contribution in [2.45, 2.75) is 13.5 Å². The van der Waals surface area contributed by atoms with Gasteiger partial charge in [-0.3, -0.25) is 9.69 Å². The molecule has 0 bridgehead atoms. The predicted molar refractivity (Wildman–Crippen MR) is 97.0 cm³/mol. The predicted octanol–water partition coefficient (Wildman–Crippen LogP) is 0.530. The SMILES string of the molecule is CCS(=O)(=O)N1CCN(Cc2cccc(C(=O)NCCOC)c2)CC1. The molecule has 1 aromatic rings. The highest BCUT2D eigenvalue weighted by Crippen LogP contribution is 2.13. The largest absolute Gasteiger partial charge is 0.383 e. The minimum Gasteiger partial charge on any atom is -0.383 e. The van der Waals surface area contributed by atoms with E-state index in [2.05, 4.69) is 10.2 Å². The fourth-order valence-electron chi connectivity index (χ4n) is 2.79. The minimum absolute atomic E-state index is 0.113. The Kier molecular flexibility index (Phi) is 7.37. The van der Waals surface area contributed by atoms with Crippen LogP contribution in [0.15, 0.2) is 24.3 Å². The summed E-state index contributed by atoms with van der Waals surface area (Å²) in [4.78, 5) is 14.3. The summed E-state index contributed by atoms with van der Waals surface area (Å²) in [7, 11) is -1.51. The monoisotopic (exact) mass is 369 g/mol.